The van der Waals surface area contributed by atoms with Gasteiger partial charge in [-0.15, -0.1) is 0 Å². The van der Waals surface area contributed by atoms with Crippen molar-refractivity contribution in [3.05, 3.63) is 17.5 Å². The van der Waals surface area contributed by atoms with Crippen LogP contribution in [0.4, 0.5) is 0 Å². The van der Waals surface area contributed by atoms with Gasteiger partial charge in [0.1, 0.15) is 0 Å². The molecule has 1 aliphatic carbocycles. The summed E-state index contributed by atoms with van der Waals surface area (Å²) in [6.07, 6.45) is 9.11. The lowest BCUT2D eigenvalue weighted by atomic mass is 9.66. The maximum Gasteiger partial charge on any atom is 0.0739 e. The number of nitrogens with zero attached hydrogens (tertiary/aromatic N) is 2. The lowest BCUT2D eigenvalue weighted by molar-refractivity contribution is -0.0973. The van der Waals surface area contributed by atoms with Crippen LogP contribution in [0.25, 0.3) is 0 Å². The molecule has 2 aliphatic rings. The molecule has 5 nitrogen and oxygen atoms in total. The van der Waals surface area contributed by atoms with Crippen molar-refractivity contribution in [1.82, 2.24) is 15.1 Å². The first-order valence-corrected chi connectivity index (χ1v) is 11.3. The molecule has 1 unspecified atom stereocenters. The fourth-order valence-electron chi connectivity index (χ4n) is 5.31. The average molecular weight is 392 g/mol. The monoisotopic (exact) mass is 391 g/mol. The highest BCUT2D eigenvalue weighted by atomic mass is 16.5. The number of hydrogen-bond acceptors (Lipinski definition) is 4. The zero-order valence-corrected chi connectivity index (χ0v) is 18.7. The van der Waals surface area contributed by atoms with Gasteiger partial charge in [-0.05, 0) is 58.0 Å². The molecule has 160 valence electrons. The Balaban J connectivity index is 1.71. The normalized spacial score (nSPS) is 29.8. The molecule has 2 fully saturated rings. The number of hydrogen-bond donors (Lipinski definition) is 1. The first-order chi connectivity index (χ1) is 13.4. The van der Waals surface area contributed by atoms with Gasteiger partial charge in [0, 0.05) is 36.2 Å². The van der Waals surface area contributed by atoms with Crippen LogP contribution in [0.1, 0.15) is 83.4 Å². The summed E-state index contributed by atoms with van der Waals surface area (Å²) in [5.74, 6) is 0.988. The molecule has 2 heterocycles. The molecule has 3 rings (SSSR count). The van der Waals surface area contributed by atoms with E-state index >= 15 is 0 Å². The van der Waals surface area contributed by atoms with Crippen molar-refractivity contribution in [2.24, 2.45) is 11.3 Å². The van der Waals surface area contributed by atoms with Gasteiger partial charge in [0.2, 0.25) is 0 Å². The molecule has 1 aliphatic heterocycles. The van der Waals surface area contributed by atoms with Crippen molar-refractivity contribution in [1.29, 1.82) is 0 Å². The summed E-state index contributed by atoms with van der Waals surface area (Å²) in [6.45, 7) is 13.6. The second-order valence-corrected chi connectivity index (χ2v) is 9.92. The topological polar surface area (TPSA) is 50.4 Å². The summed E-state index contributed by atoms with van der Waals surface area (Å²) in [4.78, 5) is 2.42. The van der Waals surface area contributed by atoms with Crippen LogP contribution in [-0.4, -0.2) is 54.1 Å². The highest BCUT2D eigenvalue weighted by molar-refractivity contribution is 5.22. The van der Waals surface area contributed by atoms with E-state index in [0.29, 0.717) is 11.8 Å². The number of aromatic nitrogens is 2. The van der Waals surface area contributed by atoms with Gasteiger partial charge in [0.15, 0.2) is 0 Å². The third kappa shape index (κ3) is 4.98. The van der Waals surface area contributed by atoms with Crippen LogP contribution in [0.2, 0.25) is 0 Å². The van der Waals surface area contributed by atoms with Crippen LogP contribution in [-0.2, 0) is 16.0 Å². The van der Waals surface area contributed by atoms with Crippen LogP contribution >= 0.6 is 0 Å². The molecule has 5 heteroatoms. The molecule has 0 radical (unpaired) electrons. The molecular weight excluding hydrogens is 350 g/mol. The maximum atomic E-state index is 6.50. The first kappa shape index (κ1) is 21.8. The minimum absolute atomic E-state index is 0.00721. The van der Waals surface area contributed by atoms with E-state index in [9.17, 15) is 0 Å². The maximum absolute atomic E-state index is 6.50. The number of H-pyrrole nitrogens is 1. The number of nitrogens with one attached hydrogen (secondary N) is 1. The molecule has 1 N–H and O–H groups in total. The van der Waals surface area contributed by atoms with E-state index in [0.717, 1.165) is 52.2 Å². The van der Waals surface area contributed by atoms with E-state index in [-0.39, 0.29) is 11.0 Å². The summed E-state index contributed by atoms with van der Waals surface area (Å²) in [7, 11) is 2.22. The highest BCUT2D eigenvalue weighted by Crippen LogP contribution is 2.53. The van der Waals surface area contributed by atoms with Crippen LogP contribution < -0.4 is 0 Å². The van der Waals surface area contributed by atoms with Gasteiger partial charge < -0.3 is 14.4 Å². The van der Waals surface area contributed by atoms with Crippen LogP contribution in [0.15, 0.2) is 6.20 Å². The van der Waals surface area contributed by atoms with Crippen molar-refractivity contribution < 1.29 is 9.47 Å². The summed E-state index contributed by atoms with van der Waals surface area (Å²) in [5.41, 5.74) is 2.99. The summed E-state index contributed by atoms with van der Waals surface area (Å²) in [5, 5.41) is 7.77. The Hall–Kier alpha value is -0.910. The van der Waals surface area contributed by atoms with Gasteiger partial charge in [-0.25, -0.2) is 0 Å². The number of ether oxygens (including phenoxy) is 2. The van der Waals surface area contributed by atoms with Crippen LogP contribution in [0.5, 0.6) is 0 Å². The molecular formula is C23H41N3O2. The van der Waals surface area contributed by atoms with Gasteiger partial charge in [-0.2, -0.15) is 5.10 Å². The molecule has 1 saturated heterocycles. The smallest absolute Gasteiger partial charge is 0.0739 e. The Bertz CT molecular complexity index is 615. The Labute approximate surface area is 171 Å². The molecule has 0 aromatic carbocycles. The largest absolute Gasteiger partial charge is 0.381 e. The molecule has 1 aromatic heterocycles. The Morgan fingerprint density at radius 3 is 2.86 bits per heavy atom. The minimum Gasteiger partial charge on any atom is -0.381 e. The molecule has 1 spiro atoms. The van der Waals surface area contributed by atoms with E-state index in [4.69, 9.17) is 9.47 Å². The fraction of sp³-hybridized carbons (Fsp3) is 0.870. The molecule has 3 atom stereocenters. The SMILES string of the molecule is CCCCN(C)Cc1cn[nH]c1[C@@H]1CC[C@@]2(CC(C)(C)CO2)C(COCC)C1. The van der Waals surface area contributed by atoms with Gasteiger partial charge in [0.05, 0.1) is 25.0 Å². The average Bonchev–Trinajstić information content (AvgIpc) is 3.24. The van der Waals surface area contributed by atoms with E-state index in [1.54, 1.807) is 0 Å². The van der Waals surface area contributed by atoms with Gasteiger partial charge in [-0.1, -0.05) is 27.2 Å². The van der Waals surface area contributed by atoms with Crippen molar-refractivity contribution in [3.8, 4) is 0 Å². The zero-order chi connectivity index (χ0) is 20.2. The highest BCUT2D eigenvalue weighted by Gasteiger charge is 2.52. The summed E-state index contributed by atoms with van der Waals surface area (Å²) in [6, 6.07) is 0. The standard InChI is InChI=1S/C23H41N3O2/c1-6-8-11-26(5)14-19-13-24-25-21(19)18-9-10-23(16-22(3,4)17-28-23)20(12-18)15-27-7-2/h13,18,20H,6-12,14-17H2,1-5H3,(H,24,25)/t18-,20?,23-/m1/s1. The third-order valence-electron chi connectivity index (χ3n) is 6.77. The van der Waals surface area contributed by atoms with E-state index in [1.165, 1.54) is 30.5 Å². The minimum atomic E-state index is 0.00721. The predicted molar refractivity (Wildman–Crippen MR) is 113 cm³/mol. The predicted octanol–water partition coefficient (Wildman–Crippen LogP) is 4.75. The number of aromatic amines is 1. The molecule has 1 aromatic rings. The van der Waals surface area contributed by atoms with Crippen molar-refractivity contribution >= 4 is 0 Å². The fourth-order valence-corrected chi connectivity index (χ4v) is 5.31. The first-order valence-electron chi connectivity index (χ1n) is 11.3. The molecule has 0 amide bonds. The zero-order valence-electron chi connectivity index (χ0n) is 18.7. The lowest BCUT2D eigenvalue weighted by Crippen LogP contribution is -2.45. The third-order valence-corrected chi connectivity index (χ3v) is 6.77. The Morgan fingerprint density at radius 1 is 1.36 bits per heavy atom. The van der Waals surface area contributed by atoms with E-state index in [1.807, 2.05) is 6.20 Å². The quantitative estimate of drug-likeness (QED) is 0.660. The van der Waals surface area contributed by atoms with Crippen molar-refractivity contribution in [2.45, 2.75) is 84.3 Å². The Morgan fingerprint density at radius 2 is 2.18 bits per heavy atom. The van der Waals surface area contributed by atoms with Crippen molar-refractivity contribution in [2.75, 3.05) is 33.4 Å². The summed E-state index contributed by atoms with van der Waals surface area (Å²) >= 11 is 0. The van der Waals surface area contributed by atoms with E-state index in [2.05, 4.69) is 49.8 Å². The molecule has 28 heavy (non-hydrogen) atoms. The number of unbranched alkanes of at least 4 members (excludes halogenated alkanes) is 1. The second kappa shape index (κ2) is 9.27. The van der Waals surface area contributed by atoms with Crippen molar-refractivity contribution in [3.63, 3.8) is 0 Å². The second-order valence-electron chi connectivity index (χ2n) is 9.92. The number of rotatable bonds is 9. The van der Waals surface area contributed by atoms with Gasteiger partial charge in [0.25, 0.3) is 0 Å². The van der Waals surface area contributed by atoms with Crippen LogP contribution in [0.3, 0.4) is 0 Å². The lowest BCUT2D eigenvalue weighted by Gasteiger charge is -2.44. The van der Waals surface area contributed by atoms with E-state index < -0.39 is 0 Å². The molecule has 1 saturated carbocycles. The van der Waals surface area contributed by atoms with Crippen LogP contribution in [0, 0.1) is 11.3 Å². The summed E-state index contributed by atoms with van der Waals surface area (Å²) < 4.78 is 12.4. The Kier molecular flexibility index (Phi) is 7.21. The molecule has 0 bridgehead atoms. The van der Waals surface area contributed by atoms with Gasteiger partial charge in [-0.3, -0.25) is 5.10 Å². The van der Waals surface area contributed by atoms with Gasteiger partial charge >= 0.3 is 0 Å².